The van der Waals surface area contributed by atoms with Gasteiger partial charge >= 0.3 is 24.5 Å². The molecule has 6 amide bonds. The van der Waals surface area contributed by atoms with Crippen LogP contribution in [0.2, 0.25) is 0 Å². The number of benzene rings is 6. The Kier molecular flexibility index (Phi) is 42.4. The number of unbranched alkanes of at least 4 members (excludes halogenated alkanes) is 4. The van der Waals surface area contributed by atoms with Gasteiger partial charge in [0, 0.05) is 95.1 Å². The highest BCUT2D eigenvalue weighted by atomic mass is 16.7. The molecule has 2 unspecified atom stereocenters. The molecule has 0 aromatic heterocycles. The number of ketones is 3. The molecule has 0 bridgehead atoms. The van der Waals surface area contributed by atoms with Crippen LogP contribution in [0.25, 0.3) is 0 Å². The quantitative estimate of drug-likeness (QED) is 0.00888. The number of hydrogen-bond acceptors (Lipinski definition) is 35. The van der Waals surface area contributed by atoms with Crippen LogP contribution >= 0.6 is 0 Å². The Morgan fingerprint density at radius 2 is 0.937 bits per heavy atom. The van der Waals surface area contributed by atoms with Crippen molar-refractivity contribution >= 4 is 82.5 Å². The van der Waals surface area contributed by atoms with Crippen molar-refractivity contribution in [3.63, 3.8) is 0 Å². The van der Waals surface area contributed by atoms with Gasteiger partial charge < -0.3 is 127 Å². The topological polar surface area (TPSA) is 541 Å². The van der Waals surface area contributed by atoms with Gasteiger partial charge in [-0.05, 0) is 135 Å². The molecule has 6 aromatic carbocycles. The molecule has 41 nitrogen and oxygen atoms in total. The minimum atomic E-state index is -1.72. The van der Waals surface area contributed by atoms with Crippen molar-refractivity contribution in [2.75, 3.05) is 134 Å². The van der Waals surface area contributed by atoms with E-state index in [2.05, 4.69) is 30.3 Å². The van der Waals surface area contributed by atoms with Crippen LogP contribution in [0.4, 0.5) is 26.7 Å². The molecular weight excluding hydrogens is 1870 g/mol. The maximum Gasteiger partial charge on any atom is 0.416 e. The number of para-hydroxylation sites is 1. The number of hydrogen-bond donors (Lipinski definition) is 9. The second-order valence-electron chi connectivity index (χ2n) is 34.6. The molecule has 13 rings (SSSR count). The normalized spacial score (nSPS) is 20.7. The zero-order valence-corrected chi connectivity index (χ0v) is 79.6. The third kappa shape index (κ3) is 29.8. The molecule has 41 heteroatoms. The Labute approximate surface area is 824 Å². The summed E-state index contributed by atoms with van der Waals surface area (Å²) in [5.41, 5.74) is 5.69. The summed E-state index contributed by atoms with van der Waals surface area (Å²) in [4.78, 5) is 164. The van der Waals surface area contributed by atoms with Gasteiger partial charge in [-0.3, -0.25) is 33.6 Å². The largest absolute Gasteiger partial charge is 0.493 e. The monoisotopic (exact) mass is 1990 g/mol. The van der Waals surface area contributed by atoms with Crippen LogP contribution in [0, 0.1) is 18.8 Å². The molecule has 0 aliphatic carbocycles. The van der Waals surface area contributed by atoms with Gasteiger partial charge in [-0.15, -0.1) is 0 Å². The van der Waals surface area contributed by atoms with Crippen LogP contribution in [-0.2, 0) is 96.0 Å². The fraction of sp³-hybridized carbons (Fsp3) is 0.480. The van der Waals surface area contributed by atoms with Gasteiger partial charge in [-0.1, -0.05) is 85.0 Å². The molecular formula is C102H120N6O35. The maximum atomic E-state index is 14.8. The highest BCUT2D eigenvalue weighted by Crippen LogP contribution is 2.45. The number of aliphatic hydroxyl groups excluding tert-OH is 8. The predicted molar refractivity (Wildman–Crippen MR) is 501 cm³/mol. The zero-order valence-electron chi connectivity index (χ0n) is 79.6. The van der Waals surface area contributed by atoms with E-state index in [0.29, 0.717) is 87.0 Å². The van der Waals surface area contributed by atoms with Crippen molar-refractivity contribution in [2.45, 2.75) is 197 Å². The van der Waals surface area contributed by atoms with Gasteiger partial charge in [0.2, 0.25) is 24.4 Å². The minimum Gasteiger partial charge on any atom is -0.493 e. The van der Waals surface area contributed by atoms with E-state index in [1.807, 2.05) is 48.5 Å². The van der Waals surface area contributed by atoms with Gasteiger partial charge in [-0.25, -0.2) is 19.4 Å². The molecule has 6 aromatic rings. The number of carbonyl (C=O) groups excluding carboxylic acids is 13. The van der Waals surface area contributed by atoms with E-state index < -0.39 is 129 Å². The van der Waals surface area contributed by atoms with Crippen LogP contribution in [-0.4, -0.2) is 310 Å². The van der Waals surface area contributed by atoms with Crippen molar-refractivity contribution in [2.24, 2.45) is 0 Å². The number of Topliss-reactive ketones (excluding diaryl/α,β-unsaturated/α-hetero) is 3. The molecule has 0 radical (unpaired) electrons. The Balaban J connectivity index is 0.00000317. The summed E-state index contributed by atoms with van der Waals surface area (Å²) in [6.07, 6.45) is -13.4. The van der Waals surface area contributed by atoms with E-state index in [0.717, 1.165) is 32.2 Å². The van der Waals surface area contributed by atoms with E-state index in [4.69, 9.17) is 85.5 Å². The SMILES string of the molecule is C=C1C[C@H]2C(O)N(C(=O)OCc3ccc(O[C@@H]4OC[C@@H](O)[C@H](O)[C@H]4O)c(C(=O)CCCCCC(=O)CCOCCOCCOCCOCCC(=O)NCCC(=O)N4Cc5ccccc5C#Cc5ccccc54)c3)c3cc(OCCCCCOc4cc5c(cc4OC)C(=O)N4CC(=C)C[C@H]4C(O)N5C(=O)OCc4ccc(O[C@@H]5OC[C@@H](O)[C@H](O)[C@H]5O)c(C(=O)CCCOC)c4)c(C)cc3C(=O)N2C1.O=C=O.O=C=O. The number of amides is 6. The van der Waals surface area contributed by atoms with Crippen LogP contribution in [0.5, 0.6) is 28.7 Å². The predicted octanol–water partition coefficient (Wildman–Crippen LogP) is 6.20. The first kappa shape index (κ1) is 110. The Bertz CT molecular complexity index is 5580. The molecule has 768 valence electrons. The smallest absolute Gasteiger partial charge is 0.416 e. The number of nitrogens with one attached hydrogen (secondary N) is 1. The number of aliphatic hydroxyl groups is 8. The number of rotatable bonds is 47. The summed E-state index contributed by atoms with van der Waals surface area (Å²) in [6, 6.07) is 27.9. The summed E-state index contributed by atoms with van der Waals surface area (Å²) in [6.45, 7) is 11.4. The molecule has 4 saturated heterocycles. The number of anilines is 3. The maximum absolute atomic E-state index is 14.8. The molecule has 0 spiro atoms. The highest BCUT2D eigenvalue weighted by molar-refractivity contribution is 6.08. The number of aryl methyl sites for hydroxylation is 1. The van der Waals surface area contributed by atoms with E-state index in [1.165, 1.54) is 78.6 Å². The van der Waals surface area contributed by atoms with Gasteiger partial charge in [-0.2, -0.15) is 19.2 Å². The fourth-order valence-corrected chi connectivity index (χ4v) is 17.0. The Morgan fingerprint density at radius 1 is 0.469 bits per heavy atom. The Morgan fingerprint density at radius 3 is 1.48 bits per heavy atom. The van der Waals surface area contributed by atoms with Crippen LogP contribution < -0.4 is 43.7 Å². The second kappa shape index (κ2) is 55.0. The zero-order chi connectivity index (χ0) is 103. The molecule has 12 atom stereocenters. The van der Waals surface area contributed by atoms with Crippen molar-refractivity contribution in [1.82, 2.24) is 15.1 Å². The van der Waals surface area contributed by atoms with Crippen molar-refractivity contribution in [3.05, 3.63) is 189 Å². The molecule has 7 aliphatic heterocycles. The lowest BCUT2D eigenvalue weighted by Gasteiger charge is -2.35. The van der Waals surface area contributed by atoms with Crippen LogP contribution in [0.3, 0.4) is 0 Å². The molecule has 7 heterocycles. The van der Waals surface area contributed by atoms with Crippen molar-refractivity contribution in [3.8, 4) is 40.6 Å². The average Bonchev–Trinajstić information content (AvgIpc) is 1.61. The Hall–Kier alpha value is -13.0. The van der Waals surface area contributed by atoms with E-state index in [9.17, 15) is 84.0 Å². The summed E-state index contributed by atoms with van der Waals surface area (Å²) < 4.78 is 80.6. The summed E-state index contributed by atoms with van der Waals surface area (Å²) >= 11 is 0. The van der Waals surface area contributed by atoms with Crippen molar-refractivity contribution in [1.29, 1.82) is 0 Å². The van der Waals surface area contributed by atoms with E-state index in [-0.39, 0.29) is 235 Å². The molecule has 9 N–H and O–H groups in total. The van der Waals surface area contributed by atoms with E-state index >= 15 is 0 Å². The summed E-state index contributed by atoms with van der Waals surface area (Å²) in [5.74, 6) is 4.61. The van der Waals surface area contributed by atoms with Gasteiger partial charge in [0.1, 0.15) is 72.9 Å². The lowest BCUT2D eigenvalue weighted by atomic mass is 10.00. The van der Waals surface area contributed by atoms with Crippen molar-refractivity contribution < 1.29 is 169 Å². The molecule has 143 heavy (non-hydrogen) atoms. The molecule has 7 aliphatic rings. The molecule has 0 saturated carbocycles. The number of ether oxygens (including phenoxy) is 14. The number of carbonyl (C=O) groups is 9. The third-order valence-electron chi connectivity index (χ3n) is 24.4. The third-order valence-corrected chi connectivity index (χ3v) is 24.4. The first-order chi connectivity index (χ1) is 69.0. The first-order valence-corrected chi connectivity index (χ1v) is 46.9. The number of nitrogens with zero attached hydrogens (tertiary/aromatic N) is 5. The van der Waals surface area contributed by atoms with Gasteiger partial charge in [0.05, 0.1) is 144 Å². The number of fused-ring (bicyclic) bond motifs is 6. The van der Waals surface area contributed by atoms with E-state index in [1.54, 1.807) is 17.9 Å². The van der Waals surface area contributed by atoms with Gasteiger partial charge in [0.25, 0.3) is 11.8 Å². The number of methoxy groups -OCH3 is 2. The first-order valence-electron chi connectivity index (χ1n) is 46.9. The minimum absolute atomic E-state index is 0.00329. The fourth-order valence-electron chi connectivity index (χ4n) is 17.0. The summed E-state index contributed by atoms with van der Waals surface area (Å²) in [7, 11) is 2.87. The van der Waals surface area contributed by atoms with Crippen LogP contribution in [0.1, 0.15) is 171 Å². The molecule has 4 fully saturated rings. The highest BCUT2D eigenvalue weighted by Gasteiger charge is 2.50. The van der Waals surface area contributed by atoms with Gasteiger partial charge in [0.15, 0.2) is 35.5 Å². The summed E-state index contributed by atoms with van der Waals surface area (Å²) in [5, 5.41) is 89.8. The van der Waals surface area contributed by atoms with Crippen LogP contribution in [0.15, 0.2) is 133 Å². The standard InChI is InChI=1S/C100H120N6O31.2CO2/c1-60-45-76-95(120)105(99(122)134-56-63-24-28-82(136-97-91(116)89(114)80(110)58-132-97)71(48-63)78(108)22-9-6-8-20-68(107)31-37-126-39-41-128-43-44-129-42-40-127-38-32-87(112)101-33-30-88(113)102-55-67-19-11-10-17-65(67)26-27-66-18-12-13-21-73(66)102)74-51-84(62(3)47-69(74)93(118)103(76)53-60)130-35-14-7-15-36-131-86-52-75-70(50-85(86)125-5)94(119)104-54-61(2)46-77(104)96(121)106(75)100(123)135-57-64-25-29-83(72(49-64)79(109)23-16-34-124-4)137-98-92(117)90(115)81(111)59-133-98;2*2-1-3/h10-13,17-19,21,24-25,28-29,47-52,76-77,80-81,89-92,95-98,110-111,114-117,120-121H,1-2,6-9,14-16,20,22-23,30-46,53-59H2,3-5H3,(H,101,112);;/t76-,77-,80+,81+,89-,90-,91+,92+,95?,96?,97-,98-;;/m0../s1. The lowest BCUT2D eigenvalue weighted by molar-refractivity contribution is -0.242. The average molecular weight is 1990 g/mol. The lowest BCUT2D eigenvalue weighted by Crippen LogP contribution is -2.54. The second-order valence-corrected chi connectivity index (χ2v) is 34.6.